The Morgan fingerprint density at radius 2 is 1.69 bits per heavy atom. The first-order valence-electron chi connectivity index (χ1n) is 8.81. The number of hydroxylamine groups is 2. The second kappa shape index (κ2) is 6.72. The smallest absolute Gasteiger partial charge is 0.410 e. The van der Waals surface area contributed by atoms with Crippen molar-refractivity contribution in [1.82, 2.24) is 9.96 Å². The molecule has 1 saturated heterocycles. The van der Waals surface area contributed by atoms with Crippen LogP contribution >= 0.6 is 0 Å². The fourth-order valence-electron chi connectivity index (χ4n) is 3.23. The Hall–Kier alpha value is -2.41. The number of carbonyl (C=O) groups is 3. The lowest BCUT2D eigenvalue weighted by Gasteiger charge is -2.38. The van der Waals surface area contributed by atoms with E-state index in [4.69, 9.17) is 9.57 Å². The average Bonchev–Trinajstić information content (AvgIpc) is 2.79. The number of carbonyl (C=O) groups excluding carboxylic acids is 3. The van der Waals surface area contributed by atoms with Gasteiger partial charge in [0, 0.05) is 12.6 Å². The largest absolute Gasteiger partial charge is 0.444 e. The first-order chi connectivity index (χ1) is 12.2. The predicted molar refractivity (Wildman–Crippen MR) is 93.5 cm³/mol. The molecule has 2 atom stereocenters. The molecule has 3 amide bonds. The molecule has 0 N–H and O–H groups in total. The molecule has 7 nitrogen and oxygen atoms in total. The van der Waals surface area contributed by atoms with Crippen molar-refractivity contribution in [2.24, 2.45) is 0 Å². The standard InChI is InChI=1S/C19H24N2O5/c1-12-11-13(9-10-20(12)18(24)25-19(2,3)4)26-21-16(22)14-7-5-6-8-15(14)17(21)23/h5-8,12-13H,9-11H2,1-4H3/t12-,13-/m1/s1. The van der Waals surface area contributed by atoms with Crippen LogP contribution in [-0.4, -0.2) is 52.2 Å². The van der Waals surface area contributed by atoms with Gasteiger partial charge < -0.3 is 9.64 Å². The predicted octanol–water partition coefficient (Wildman–Crippen LogP) is 3.00. The van der Waals surface area contributed by atoms with Crippen LogP contribution in [0.4, 0.5) is 4.79 Å². The highest BCUT2D eigenvalue weighted by Crippen LogP contribution is 2.27. The third kappa shape index (κ3) is 3.58. The van der Waals surface area contributed by atoms with Gasteiger partial charge in [-0.2, -0.15) is 0 Å². The monoisotopic (exact) mass is 360 g/mol. The minimum atomic E-state index is -0.551. The third-order valence-corrected chi connectivity index (χ3v) is 4.47. The number of fused-ring (bicyclic) bond motifs is 1. The summed E-state index contributed by atoms with van der Waals surface area (Å²) in [6.07, 6.45) is 0.374. The van der Waals surface area contributed by atoms with Gasteiger partial charge in [-0.1, -0.05) is 12.1 Å². The number of hydrogen-bond acceptors (Lipinski definition) is 5. The van der Waals surface area contributed by atoms with Crippen LogP contribution in [0.25, 0.3) is 0 Å². The number of nitrogens with zero attached hydrogens (tertiary/aromatic N) is 2. The van der Waals surface area contributed by atoms with Crippen LogP contribution in [0, 0.1) is 0 Å². The number of imide groups is 1. The van der Waals surface area contributed by atoms with Crippen LogP contribution in [0.2, 0.25) is 0 Å². The highest BCUT2D eigenvalue weighted by atomic mass is 16.7. The number of amides is 3. The Kier molecular flexibility index (Phi) is 4.75. The van der Waals surface area contributed by atoms with Gasteiger partial charge in [-0.05, 0) is 52.7 Å². The van der Waals surface area contributed by atoms with Crippen LogP contribution in [0.1, 0.15) is 61.3 Å². The molecule has 1 aromatic carbocycles. The molecule has 1 fully saturated rings. The van der Waals surface area contributed by atoms with Crippen molar-refractivity contribution in [2.45, 2.75) is 58.3 Å². The van der Waals surface area contributed by atoms with Crippen LogP contribution in [0.3, 0.4) is 0 Å². The summed E-state index contributed by atoms with van der Waals surface area (Å²) < 4.78 is 5.42. The van der Waals surface area contributed by atoms with Gasteiger partial charge in [0.25, 0.3) is 11.8 Å². The van der Waals surface area contributed by atoms with E-state index in [9.17, 15) is 14.4 Å². The first-order valence-corrected chi connectivity index (χ1v) is 8.81. The summed E-state index contributed by atoms with van der Waals surface area (Å²) in [5.41, 5.74) is 0.165. The third-order valence-electron chi connectivity index (χ3n) is 4.47. The molecule has 0 radical (unpaired) electrons. The molecular weight excluding hydrogens is 336 g/mol. The van der Waals surface area contributed by atoms with Crippen molar-refractivity contribution >= 4 is 17.9 Å². The number of piperidine rings is 1. The Bertz CT molecular complexity index is 705. The quantitative estimate of drug-likeness (QED) is 0.758. The normalized spacial score (nSPS) is 23.2. The zero-order valence-corrected chi connectivity index (χ0v) is 15.5. The lowest BCUT2D eigenvalue weighted by Crippen LogP contribution is -2.50. The van der Waals surface area contributed by atoms with Gasteiger partial charge >= 0.3 is 6.09 Å². The Morgan fingerprint density at radius 3 is 2.19 bits per heavy atom. The highest BCUT2D eigenvalue weighted by molar-refractivity contribution is 6.20. The van der Waals surface area contributed by atoms with Gasteiger partial charge in [-0.25, -0.2) is 4.79 Å². The van der Waals surface area contributed by atoms with Gasteiger partial charge in [-0.3, -0.25) is 14.4 Å². The van der Waals surface area contributed by atoms with Gasteiger partial charge in [0.2, 0.25) is 0 Å². The van der Waals surface area contributed by atoms with Crippen molar-refractivity contribution in [3.05, 3.63) is 35.4 Å². The molecule has 0 saturated carbocycles. The zero-order valence-electron chi connectivity index (χ0n) is 15.5. The lowest BCUT2D eigenvalue weighted by atomic mass is 10.0. The lowest BCUT2D eigenvalue weighted by molar-refractivity contribution is -0.150. The molecule has 0 spiro atoms. The first kappa shape index (κ1) is 18.4. The zero-order chi connectivity index (χ0) is 19.1. The van der Waals surface area contributed by atoms with Crippen molar-refractivity contribution in [2.75, 3.05) is 6.54 Å². The van der Waals surface area contributed by atoms with Crippen molar-refractivity contribution in [3.8, 4) is 0 Å². The number of ether oxygens (including phenoxy) is 1. The van der Waals surface area contributed by atoms with Crippen LogP contribution in [0.5, 0.6) is 0 Å². The van der Waals surface area contributed by atoms with E-state index < -0.39 is 17.4 Å². The van der Waals surface area contributed by atoms with Gasteiger partial charge in [0.1, 0.15) is 5.60 Å². The SMILES string of the molecule is C[C@@H]1C[C@H](ON2C(=O)c3ccccc3C2=O)CCN1C(=O)OC(C)(C)C. The maximum absolute atomic E-state index is 12.4. The summed E-state index contributed by atoms with van der Waals surface area (Å²) >= 11 is 0. The molecule has 2 aliphatic rings. The summed E-state index contributed by atoms with van der Waals surface area (Å²) in [7, 11) is 0. The maximum Gasteiger partial charge on any atom is 0.410 e. The Labute approximate surface area is 152 Å². The second-order valence-electron chi connectivity index (χ2n) is 7.72. The van der Waals surface area contributed by atoms with E-state index in [1.54, 1.807) is 29.2 Å². The van der Waals surface area contributed by atoms with Crippen molar-refractivity contribution in [3.63, 3.8) is 0 Å². The van der Waals surface area contributed by atoms with Gasteiger partial charge in [0.15, 0.2) is 0 Å². The Morgan fingerprint density at radius 1 is 1.12 bits per heavy atom. The van der Waals surface area contributed by atoms with E-state index in [0.717, 1.165) is 5.06 Å². The summed E-state index contributed by atoms with van der Waals surface area (Å²) in [6, 6.07) is 6.56. The van der Waals surface area contributed by atoms with E-state index in [2.05, 4.69) is 0 Å². The molecule has 3 rings (SSSR count). The Balaban J connectivity index is 1.61. The highest BCUT2D eigenvalue weighted by Gasteiger charge is 2.40. The van der Waals surface area contributed by atoms with Crippen LogP contribution in [0.15, 0.2) is 24.3 Å². The van der Waals surface area contributed by atoms with E-state index >= 15 is 0 Å². The summed E-state index contributed by atoms with van der Waals surface area (Å²) in [6.45, 7) is 7.83. The van der Waals surface area contributed by atoms with Crippen molar-refractivity contribution < 1.29 is 24.0 Å². The topological polar surface area (TPSA) is 76.2 Å². The molecular formula is C19H24N2O5. The number of benzene rings is 1. The molecule has 26 heavy (non-hydrogen) atoms. The fraction of sp³-hybridized carbons (Fsp3) is 0.526. The van der Waals surface area contributed by atoms with E-state index in [-0.39, 0.29) is 18.2 Å². The summed E-state index contributed by atoms with van der Waals surface area (Å²) in [5, 5.41) is 0.852. The van der Waals surface area contributed by atoms with E-state index in [0.29, 0.717) is 30.5 Å². The number of likely N-dealkylation sites (tertiary alicyclic amines) is 1. The van der Waals surface area contributed by atoms with Crippen LogP contribution < -0.4 is 0 Å². The molecule has 0 bridgehead atoms. The minimum Gasteiger partial charge on any atom is -0.444 e. The van der Waals surface area contributed by atoms with Gasteiger partial charge in [-0.15, -0.1) is 5.06 Å². The molecule has 7 heteroatoms. The summed E-state index contributed by atoms with van der Waals surface area (Å²) in [4.78, 5) is 44.4. The minimum absolute atomic E-state index is 0.112. The van der Waals surface area contributed by atoms with E-state index in [1.165, 1.54) is 0 Å². The van der Waals surface area contributed by atoms with Gasteiger partial charge in [0.05, 0.1) is 17.2 Å². The van der Waals surface area contributed by atoms with Crippen molar-refractivity contribution in [1.29, 1.82) is 0 Å². The molecule has 1 aromatic rings. The maximum atomic E-state index is 12.4. The van der Waals surface area contributed by atoms with E-state index in [1.807, 2.05) is 27.7 Å². The molecule has 0 aliphatic carbocycles. The average molecular weight is 360 g/mol. The van der Waals surface area contributed by atoms with Crippen LogP contribution in [-0.2, 0) is 9.57 Å². The number of hydrogen-bond donors (Lipinski definition) is 0. The second-order valence-corrected chi connectivity index (χ2v) is 7.72. The molecule has 140 valence electrons. The molecule has 0 aromatic heterocycles. The molecule has 2 heterocycles. The molecule has 2 aliphatic heterocycles. The number of rotatable bonds is 2. The summed E-state index contributed by atoms with van der Waals surface area (Å²) in [5.74, 6) is -0.874. The molecule has 0 unspecified atom stereocenters. The fourth-order valence-corrected chi connectivity index (χ4v) is 3.23.